The van der Waals surface area contributed by atoms with E-state index in [2.05, 4.69) is 0 Å². The molecule has 5 nitrogen and oxygen atoms in total. The number of nitrogen functional groups attached to an aromatic ring is 1. The minimum Gasteiger partial charge on any atom is -0.396 e. The van der Waals surface area contributed by atoms with Crippen LogP contribution in [0.5, 0.6) is 0 Å². The topological polar surface area (TPSA) is 70.0 Å². The molecule has 2 N–H and O–H groups in total. The first-order valence-electron chi connectivity index (χ1n) is 5.69. The summed E-state index contributed by atoms with van der Waals surface area (Å²) in [5.74, 6) is -2.34. The fourth-order valence-electron chi connectivity index (χ4n) is 1.84. The van der Waals surface area contributed by atoms with Gasteiger partial charge in [0.1, 0.15) is 17.3 Å². The van der Waals surface area contributed by atoms with Crippen LogP contribution in [0.1, 0.15) is 5.69 Å². The Morgan fingerprint density at radius 1 is 1.05 bits per heavy atom. The zero-order chi connectivity index (χ0) is 16.8. The molecule has 0 aliphatic heterocycles. The largest absolute Gasteiger partial charge is 0.431 e. The van der Waals surface area contributed by atoms with E-state index in [1.54, 1.807) is 0 Å². The number of alkyl halides is 3. The zero-order valence-corrected chi connectivity index (χ0v) is 10.9. The molecule has 22 heavy (non-hydrogen) atoms. The molecule has 10 heteroatoms. The van der Waals surface area contributed by atoms with E-state index in [9.17, 15) is 31.5 Å². The highest BCUT2D eigenvalue weighted by Crippen LogP contribution is 2.27. The molecule has 0 saturated heterocycles. The fraction of sp³-hybridized carbons (Fsp3) is 0.167. The summed E-state index contributed by atoms with van der Waals surface area (Å²) in [7, 11) is 0.757. The van der Waals surface area contributed by atoms with E-state index in [0.29, 0.717) is 12.1 Å². The Kier molecular flexibility index (Phi) is 3.55. The summed E-state index contributed by atoms with van der Waals surface area (Å²) in [6, 6.07) is 1.10. The Bertz CT molecular complexity index is 867. The molecule has 1 heterocycles. The maximum atomic E-state index is 13.8. The molecule has 0 aliphatic rings. The maximum absolute atomic E-state index is 13.8. The van der Waals surface area contributed by atoms with Crippen molar-refractivity contribution in [2.24, 2.45) is 7.05 Å². The lowest BCUT2D eigenvalue weighted by atomic mass is 10.2. The predicted octanol–water partition coefficient (Wildman–Crippen LogP) is 1.42. The number of benzene rings is 1. The molecular formula is C12H8F5N3O2. The first-order chi connectivity index (χ1) is 10.0. The number of anilines is 1. The first-order valence-corrected chi connectivity index (χ1v) is 5.69. The van der Waals surface area contributed by atoms with E-state index in [0.717, 1.165) is 7.05 Å². The number of aromatic nitrogens is 2. The van der Waals surface area contributed by atoms with Crippen LogP contribution < -0.4 is 17.0 Å². The van der Waals surface area contributed by atoms with E-state index in [-0.39, 0.29) is 15.2 Å². The molecule has 1 aromatic heterocycles. The van der Waals surface area contributed by atoms with Crippen molar-refractivity contribution in [2.45, 2.75) is 6.18 Å². The van der Waals surface area contributed by atoms with Crippen molar-refractivity contribution in [3.63, 3.8) is 0 Å². The number of hydrogen-bond donors (Lipinski definition) is 1. The maximum Gasteiger partial charge on any atom is 0.431 e. The molecule has 0 bridgehead atoms. The minimum atomic E-state index is -4.95. The Labute approximate surface area is 119 Å². The first kappa shape index (κ1) is 15.7. The van der Waals surface area contributed by atoms with Crippen LogP contribution in [0.25, 0.3) is 5.69 Å². The van der Waals surface area contributed by atoms with Crippen molar-refractivity contribution >= 4 is 5.69 Å². The van der Waals surface area contributed by atoms with Gasteiger partial charge < -0.3 is 5.73 Å². The number of rotatable bonds is 1. The van der Waals surface area contributed by atoms with Crippen molar-refractivity contribution in [1.82, 2.24) is 9.13 Å². The molecule has 0 amide bonds. The van der Waals surface area contributed by atoms with Crippen LogP contribution >= 0.6 is 0 Å². The van der Waals surface area contributed by atoms with Crippen molar-refractivity contribution in [2.75, 3.05) is 5.73 Å². The second-order valence-electron chi connectivity index (χ2n) is 4.37. The molecule has 0 fully saturated rings. The third-order valence-corrected chi connectivity index (χ3v) is 2.92. The highest BCUT2D eigenvalue weighted by atomic mass is 19.4. The summed E-state index contributed by atoms with van der Waals surface area (Å²) in [6.45, 7) is 0. The lowest BCUT2D eigenvalue weighted by Crippen LogP contribution is -2.41. The summed E-state index contributed by atoms with van der Waals surface area (Å²) < 4.78 is 65.4. The average molecular weight is 321 g/mol. The molecular weight excluding hydrogens is 313 g/mol. The molecule has 2 aromatic rings. The van der Waals surface area contributed by atoms with E-state index in [1.165, 1.54) is 0 Å². The van der Waals surface area contributed by atoms with Gasteiger partial charge in [-0.15, -0.1) is 0 Å². The molecule has 0 saturated carbocycles. The van der Waals surface area contributed by atoms with Crippen LogP contribution in [-0.2, 0) is 13.2 Å². The van der Waals surface area contributed by atoms with Gasteiger partial charge in [-0.1, -0.05) is 0 Å². The smallest absolute Gasteiger partial charge is 0.396 e. The minimum absolute atomic E-state index is 0.0904. The second-order valence-corrected chi connectivity index (χ2v) is 4.37. The quantitative estimate of drug-likeness (QED) is 0.638. The third-order valence-electron chi connectivity index (χ3n) is 2.92. The molecule has 0 unspecified atom stereocenters. The molecule has 0 radical (unpaired) electrons. The summed E-state index contributed by atoms with van der Waals surface area (Å²) >= 11 is 0. The van der Waals surface area contributed by atoms with Gasteiger partial charge in [0.15, 0.2) is 0 Å². The summed E-state index contributed by atoms with van der Waals surface area (Å²) in [5.41, 5.74) is -0.699. The molecule has 2 rings (SSSR count). The summed E-state index contributed by atoms with van der Waals surface area (Å²) in [4.78, 5) is 23.6. The van der Waals surface area contributed by atoms with Crippen LogP contribution in [-0.4, -0.2) is 9.13 Å². The Morgan fingerprint density at radius 2 is 1.64 bits per heavy atom. The molecule has 0 spiro atoms. The lowest BCUT2D eigenvalue weighted by Gasteiger charge is -2.14. The van der Waals surface area contributed by atoms with Gasteiger partial charge in [-0.05, 0) is 0 Å². The SMILES string of the molecule is Cn1c(C(F)(F)F)cc(=O)n(-c2cc(F)c(N)cc2F)c1=O. The Balaban J connectivity index is 2.85. The van der Waals surface area contributed by atoms with Crippen molar-refractivity contribution in [1.29, 1.82) is 0 Å². The molecule has 1 aromatic carbocycles. The molecule has 0 aliphatic carbocycles. The number of halogens is 5. The van der Waals surface area contributed by atoms with Gasteiger partial charge in [-0.25, -0.2) is 18.1 Å². The van der Waals surface area contributed by atoms with E-state index < -0.39 is 46.1 Å². The summed E-state index contributed by atoms with van der Waals surface area (Å²) in [5, 5.41) is 0. The molecule has 0 atom stereocenters. The van der Waals surface area contributed by atoms with E-state index >= 15 is 0 Å². The number of nitrogens with zero attached hydrogens (tertiary/aromatic N) is 2. The van der Waals surface area contributed by atoms with Gasteiger partial charge in [0, 0.05) is 25.2 Å². The third kappa shape index (κ3) is 2.47. The predicted molar refractivity (Wildman–Crippen MR) is 66.6 cm³/mol. The van der Waals surface area contributed by atoms with E-state index in [1.807, 2.05) is 0 Å². The lowest BCUT2D eigenvalue weighted by molar-refractivity contribution is -0.144. The van der Waals surface area contributed by atoms with E-state index in [4.69, 9.17) is 5.73 Å². The standard InChI is InChI=1S/C12H8F5N3O2/c1-19-9(12(15,16)17)4-10(21)20(11(19)22)8-3-5(13)7(18)2-6(8)14/h2-4H,18H2,1H3. The van der Waals surface area contributed by atoms with Crippen molar-refractivity contribution < 1.29 is 22.0 Å². The average Bonchev–Trinajstić information content (AvgIpc) is 2.38. The van der Waals surface area contributed by atoms with Crippen molar-refractivity contribution in [3.05, 3.63) is 56.4 Å². The Morgan fingerprint density at radius 3 is 2.18 bits per heavy atom. The van der Waals surface area contributed by atoms with Gasteiger partial charge >= 0.3 is 11.9 Å². The van der Waals surface area contributed by atoms with Crippen LogP contribution in [0.3, 0.4) is 0 Å². The van der Waals surface area contributed by atoms with Gasteiger partial charge in [0.2, 0.25) is 0 Å². The van der Waals surface area contributed by atoms with Gasteiger partial charge in [0.05, 0.1) is 11.4 Å². The van der Waals surface area contributed by atoms with Crippen LogP contribution in [0.15, 0.2) is 27.8 Å². The highest BCUT2D eigenvalue weighted by Gasteiger charge is 2.35. The Hall–Kier alpha value is -2.65. The normalized spacial score (nSPS) is 11.7. The second kappa shape index (κ2) is 4.97. The fourth-order valence-corrected chi connectivity index (χ4v) is 1.84. The highest BCUT2D eigenvalue weighted by molar-refractivity contribution is 5.47. The van der Waals surface area contributed by atoms with Crippen LogP contribution in [0, 0.1) is 11.6 Å². The van der Waals surface area contributed by atoms with Gasteiger partial charge in [0.25, 0.3) is 5.56 Å². The van der Waals surface area contributed by atoms with Crippen molar-refractivity contribution in [3.8, 4) is 5.69 Å². The number of hydrogen-bond acceptors (Lipinski definition) is 3. The van der Waals surface area contributed by atoms with Crippen LogP contribution in [0.4, 0.5) is 27.6 Å². The van der Waals surface area contributed by atoms with Gasteiger partial charge in [-0.2, -0.15) is 13.2 Å². The van der Waals surface area contributed by atoms with Gasteiger partial charge in [-0.3, -0.25) is 9.36 Å². The number of nitrogens with two attached hydrogens (primary N) is 1. The zero-order valence-electron chi connectivity index (χ0n) is 10.9. The monoisotopic (exact) mass is 321 g/mol. The summed E-state index contributed by atoms with van der Waals surface area (Å²) in [6.07, 6.45) is -4.95. The van der Waals surface area contributed by atoms with Crippen LogP contribution in [0.2, 0.25) is 0 Å². The molecule has 118 valence electrons.